The summed E-state index contributed by atoms with van der Waals surface area (Å²) in [5, 5.41) is 13.1. The van der Waals surface area contributed by atoms with Crippen LogP contribution in [0.4, 0.5) is 0 Å². The molecule has 0 aliphatic carbocycles. The Balaban J connectivity index is 2.75. The number of hydrogen-bond acceptors (Lipinski definition) is 3. The second-order valence-corrected chi connectivity index (χ2v) is 3.98. The number of aliphatic hydroxyl groups excluding tert-OH is 1. The Bertz CT molecular complexity index is 295. The van der Waals surface area contributed by atoms with Gasteiger partial charge in [-0.3, -0.25) is 0 Å². The minimum Gasteiger partial charge on any atom is -0.477 e. The smallest absolute Gasteiger partial charge is 0.215 e. The van der Waals surface area contributed by atoms with Crippen molar-refractivity contribution in [3.05, 3.63) is 11.8 Å². The lowest BCUT2D eigenvalue weighted by Crippen LogP contribution is -2.12. The SMILES string of the molecule is CCc1cnn(CCO)c1OCC(C)C. The topological polar surface area (TPSA) is 47.3 Å². The minimum atomic E-state index is 0.0862. The van der Waals surface area contributed by atoms with Crippen LogP contribution in [0.1, 0.15) is 26.3 Å². The first-order valence-electron chi connectivity index (χ1n) is 5.47. The highest BCUT2D eigenvalue weighted by atomic mass is 16.5. The first-order valence-corrected chi connectivity index (χ1v) is 5.47. The maximum absolute atomic E-state index is 8.89. The van der Waals surface area contributed by atoms with Gasteiger partial charge in [0.05, 0.1) is 26.0 Å². The van der Waals surface area contributed by atoms with Crippen LogP contribution in [0.2, 0.25) is 0 Å². The van der Waals surface area contributed by atoms with E-state index in [9.17, 15) is 0 Å². The fourth-order valence-corrected chi connectivity index (χ4v) is 1.32. The van der Waals surface area contributed by atoms with Gasteiger partial charge in [0, 0.05) is 5.56 Å². The highest BCUT2D eigenvalue weighted by molar-refractivity contribution is 5.24. The number of hydrogen-bond donors (Lipinski definition) is 1. The molecule has 0 aliphatic rings. The molecule has 0 fully saturated rings. The van der Waals surface area contributed by atoms with Gasteiger partial charge in [0.25, 0.3) is 0 Å². The van der Waals surface area contributed by atoms with Crippen molar-refractivity contribution < 1.29 is 9.84 Å². The Morgan fingerprint density at radius 2 is 2.27 bits per heavy atom. The van der Waals surface area contributed by atoms with Gasteiger partial charge in [0.1, 0.15) is 0 Å². The van der Waals surface area contributed by atoms with Crippen LogP contribution in [0.25, 0.3) is 0 Å². The average Bonchev–Trinajstić information content (AvgIpc) is 2.58. The summed E-state index contributed by atoms with van der Waals surface area (Å²) < 4.78 is 7.43. The Labute approximate surface area is 90.9 Å². The first-order chi connectivity index (χ1) is 7.19. The van der Waals surface area contributed by atoms with Crippen LogP contribution in [-0.4, -0.2) is 28.1 Å². The van der Waals surface area contributed by atoms with Gasteiger partial charge in [-0.15, -0.1) is 0 Å². The third-order valence-electron chi connectivity index (χ3n) is 2.11. The number of aliphatic hydroxyl groups is 1. The Morgan fingerprint density at radius 1 is 1.53 bits per heavy atom. The lowest BCUT2D eigenvalue weighted by Gasteiger charge is -2.11. The molecule has 1 heterocycles. The summed E-state index contributed by atoms with van der Waals surface area (Å²) >= 11 is 0. The second-order valence-electron chi connectivity index (χ2n) is 3.98. The van der Waals surface area contributed by atoms with Crippen LogP contribution in [-0.2, 0) is 13.0 Å². The van der Waals surface area contributed by atoms with Crippen molar-refractivity contribution >= 4 is 0 Å². The summed E-state index contributed by atoms with van der Waals surface area (Å²) in [6, 6.07) is 0. The first kappa shape index (κ1) is 12.0. The van der Waals surface area contributed by atoms with Crippen molar-refractivity contribution in [1.82, 2.24) is 9.78 Å². The Kier molecular flexibility index (Phi) is 4.62. The van der Waals surface area contributed by atoms with Crippen LogP contribution in [0.3, 0.4) is 0 Å². The van der Waals surface area contributed by atoms with E-state index in [1.165, 1.54) is 0 Å². The number of aryl methyl sites for hydroxylation is 1. The highest BCUT2D eigenvalue weighted by Crippen LogP contribution is 2.19. The molecule has 15 heavy (non-hydrogen) atoms. The predicted octanol–water partition coefficient (Wildman–Crippen LogP) is 1.47. The molecular weight excluding hydrogens is 192 g/mol. The average molecular weight is 212 g/mol. The van der Waals surface area contributed by atoms with E-state index in [0.717, 1.165) is 17.9 Å². The van der Waals surface area contributed by atoms with Gasteiger partial charge < -0.3 is 9.84 Å². The largest absolute Gasteiger partial charge is 0.477 e. The second kappa shape index (κ2) is 5.75. The van der Waals surface area contributed by atoms with Crippen molar-refractivity contribution in [3.8, 4) is 5.88 Å². The summed E-state index contributed by atoms with van der Waals surface area (Å²) in [5.74, 6) is 1.30. The van der Waals surface area contributed by atoms with Gasteiger partial charge in [-0.25, -0.2) is 4.68 Å². The van der Waals surface area contributed by atoms with Gasteiger partial charge in [0.2, 0.25) is 5.88 Å². The molecule has 0 unspecified atom stereocenters. The fourth-order valence-electron chi connectivity index (χ4n) is 1.32. The number of aromatic nitrogens is 2. The van der Waals surface area contributed by atoms with Crippen LogP contribution < -0.4 is 4.74 Å². The monoisotopic (exact) mass is 212 g/mol. The quantitative estimate of drug-likeness (QED) is 0.776. The van der Waals surface area contributed by atoms with Crippen molar-refractivity contribution in [2.24, 2.45) is 5.92 Å². The van der Waals surface area contributed by atoms with E-state index < -0.39 is 0 Å². The molecule has 0 aliphatic heterocycles. The van der Waals surface area contributed by atoms with Crippen molar-refractivity contribution in [2.75, 3.05) is 13.2 Å². The molecule has 0 saturated carbocycles. The summed E-state index contributed by atoms with van der Waals surface area (Å²) in [6.45, 7) is 7.56. The molecule has 0 aromatic carbocycles. The lowest BCUT2D eigenvalue weighted by molar-refractivity contribution is 0.222. The molecule has 4 nitrogen and oxygen atoms in total. The van der Waals surface area contributed by atoms with Gasteiger partial charge >= 0.3 is 0 Å². The van der Waals surface area contributed by atoms with Crippen molar-refractivity contribution in [3.63, 3.8) is 0 Å². The molecule has 1 aromatic heterocycles. The zero-order valence-corrected chi connectivity index (χ0v) is 9.73. The predicted molar refractivity (Wildman–Crippen MR) is 59.0 cm³/mol. The lowest BCUT2D eigenvalue weighted by atomic mass is 10.2. The van der Waals surface area contributed by atoms with Gasteiger partial charge in [-0.2, -0.15) is 5.10 Å². The molecule has 1 aromatic rings. The number of nitrogens with zero attached hydrogens (tertiary/aromatic N) is 2. The van der Waals surface area contributed by atoms with Gasteiger partial charge in [-0.1, -0.05) is 20.8 Å². The molecule has 0 spiro atoms. The fraction of sp³-hybridized carbons (Fsp3) is 0.727. The van der Waals surface area contributed by atoms with Crippen LogP contribution >= 0.6 is 0 Å². The van der Waals surface area contributed by atoms with Gasteiger partial charge in [-0.05, 0) is 12.3 Å². The Hall–Kier alpha value is -1.03. The van der Waals surface area contributed by atoms with Crippen molar-refractivity contribution in [1.29, 1.82) is 0 Å². The Morgan fingerprint density at radius 3 is 2.80 bits per heavy atom. The molecule has 0 amide bonds. The summed E-state index contributed by atoms with van der Waals surface area (Å²) in [6.07, 6.45) is 2.71. The molecule has 0 atom stereocenters. The standard InChI is InChI=1S/C11H20N2O2/c1-4-10-7-12-13(5-6-14)11(10)15-8-9(2)3/h7,9,14H,4-6,8H2,1-3H3. The molecule has 4 heteroatoms. The molecular formula is C11H20N2O2. The van der Waals surface area contributed by atoms with E-state index in [-0.39, 0.29) is 6.61 Å². The van der Waals surface area contributed by atoms with E-state index in [1.54, 1.807) is 4.68 Å². The van der Waals surface area contributed by atoms with E-state index in [2.05, 4.69) is 25.9 Å². The van der Waals surface area contributed by atoms with Crippen LogP contribution in [0.15, 0.2) is 6.20 Å². The third kappa shape index (κ3) is 3.23. The van der Waals surface area contributed by atoms with Crippen LogP contribution in [0, 0.1) is 5.92 Å². The van der Waals surface area contributed by atoms with Gasteiger partial charge in [0.15, 0.2) is 0 Å². The molecule has 0 radical (unpaired) electrons. The maximum Gasteiger partial charge on any atom is 0.215 e. The molecule has 1 rings (SSSR count). The normalized spacial score (nSPS) is 11.0. The maximum atomic E-state index is 8.89. The summed E-state index contributed by atoms with van der Waals surface area (Å²) in [5.41, 5.74) is 1.10. The van der Waals surface area contributed by atoms with E-state index in [0.29, 0.717) is 19.1 Å². The number of ether oxygens (including phenoxy) is 1. The van der Waals surface area contributed by atoms with E-state index in [4.69, 9.17) is 9.84 Å². The third-order valence-corrected chi connectivity index (χ3v) is 2.11. The molecule has 1 N–H and O–H groups in total. The van der Waals surface area contributed by atoms with E-state index in [1.807, 2.05) is 6.20 Å². The van der Waals surface area contributed by atoms with Crippen molar-refractivity contribution in [2.45, 2.75) is 33.7 Å². The molecule has 0 bridgehead atoms. The van der Waals surface area contributed by atoms with E-state index >= 15 is 0 Å². The number of rotatable bonds is 6. The zero-order valence-electron chi connectivity index (χ0n) is 9.73. The summed E-state index contributed by atoms with van der Waals surface area (Å²) in [4.78, 5) is 0. The highest BCUT2D eigenvalue weighted by Gasteiger charge is 2.10. The minimum absolute atomic E-state index is 0.0862. The summed E-state index contributed by atoms with van der Waals surface area (Å²) in [7, 11) is 0. The molecule has 86 valence electrons. The van der Waals surface area contributed by atoms with Crippen LogP contribution in [0.5, 0.6) is 5.88 Å². The molecule has 0 saturated heterocycles. The zero-order chi connectivity index (χ0) is 11.3.